The number of nitrogens with two attached hydrogens (primary N) is 1. The van der Waals surface area contributed by atoms with Gasteiger partial charge in [0, 0.05) is 11.4 Å². The van der Waals surface area contributed by atoms with Gasteiger partial charge in [-0.1, -0.05) is 20.3 Å². The predicted octanol–water partition coefficient (Wildman–Crippen LogP) is 2.28. The second-order valence-electron chi connectivity index (χ2n) is 4.19. The summed E-state index contributed by atoms with van der Waals surface area (Å²) < 4.78 is 0. The molecule has 0 spiro atoms. The second-order valence-corrected chi connectivity index (χ2v) is 5.08. The third-order valence-electron chi connectivity index (χ3n) is 2.58. The van der Waals surface area contributed by atoms with E-state index in [0.29, 0.717) is 16.7 Å². The molecule has 0 fully saturated rings. The van der Waals surface area contributed by atoms with Crippen molar-refractivity contribution in [2.75, 3.05) is 5.73 Å². The molecule has 2 unspecified atom stereocenters. The second kappa shape index (κ2) is 5.84. The standard InChI is InChI=1S/C11H19N3OS/c1-4-7(2)5-8(3)13-10(15)9-6-16-11(12)14-9/h6-8H,4-5H2,1-3H3,(H2,12,14)(H,13,15). The minimum absolute atomic E-state index is 0.135. The number of nitrogen functional groups attached to an aromatic ring is 1. The van der Waals surface area contributed by atoms with Gasteiger partial charge in [0.05, 0.1) is 0 Å². The van der Waals surface area contributed by atoms with Gasteiger partial charge in [-0.3, -0.25) is 4.79 Å². The van der Waals surface area contributed by atoms with Crippen LogP contribution in [0.4, 0.5) is 5.13 Å². The molecular weight excluding hydrogens is 222 g/mol. The number of amides is 1. The Morgan fingerprint density at radius 2 is 2.31 bits per heavy atom. The van der Waals surface area contributed by atoms with E-state index in [1.807, 2.05) is 6.92 Å². The van der Waals surface area contributed by atoms with E-state index in [0.717, 1.165) is 12.8 Å². The van der Waals surface area contributed by atoms with Gasteiger partial charge in [0.15, 0.2) is 5.13 Å². The molecule has 4 nitrogen and oxygen atoms in total. The number of carbonyl (C=O) groups excluding carboxylic acids is 1. The maximum Gasteiger partial charge on any atom is 0.271 e. The van der Waals surface area contributed by atoms with Crippen LogP contribution in [0.5, 0.6) is 0 Å². The van der Waals surface area contributed by atoms with Crippen LogP contribution >= 0.6 is 11.3 Å². The van der Waals surface area contributed by atoms with Crippen LogP contribution in [-0.4, -0.2) is 16.9 Å². The SMILES string of the molecule is CCC(C)CC(C)NC(=O)c1csc(N)n1. The fourth-order valence-corrected chi connectivity index (χ4v) is 2.06. The van der Waals surface area contributed by atoms with Crippen molar-refractivity contribution in [1.29, 1.82) is 0 Å². The molecule has 0 saturated heterocycles. The molecule has 5 heteroatoms. The molecule has 0 bridgehead atoms. The van der Waals surface area contributed by atoms with E-state index in [-0.39, 0.29) is 11.9 Å². The zero-order valence-electron chi connectivity index (χ0n) is 9.99. The number of aromatic nitrogens is 1. The molecule has 0 saturated carbocycles. The van der Waals surface area contributed by atoms with Crippen molar-refractivity contribution >= 4 is 22.4 Å². The van der Waals surface area contributed by atoms with Crippen LogP contribution in [0.2, 0.25) is 0 Å². The Balaban J connectivity index is 2.45. The summed E-state index contributed by atoms with van der Waals surface area (Å²) in [5.74, 6) is 0.486. The number of hydrogen-bond acceptors (Lipinski definition) is 4. The average molecular weight is 241 g/mol. The van der Waals surface area contributed by atoms with Crippen molar-refractivity contribution in [1.82, 2.24) is 10.3 Å². The van der Waals surface area contributed by atoms with E-state index in [9.17, 15) is 4.79 Å². The topological polar surface area (TPSA) is 68.0 Å². The molecule has 1 aromatic heterocycles. The van der Waals surface area contributed by atoms with Gasteiger partial charge < -0.3 is 11.1 Å². The minimum Gasteiger partial charge on any atom is -0.375 e. The van der Waals surface area contributed by atoms with Gasteiger partial charge in [0.1, 0.15) is 5.69 Å². The van der Waals surface area contributed by atoms with E-state index < -0.39 is 0 Å². The quantitative estimate of drug-likeness (QED) is 0.831. The average Bonchev–Trinajstić information content (AvgIpc) is 2.64. The number of hydrogen-bond donors (Lipinski definition) is 2. The van der Waals surface area contributed by atoms with E-state index in [2.05, 4.69) is 24.1 Å². The Morgan fingerprint density at radius 3 is 2.81 bits per heavy atom. The molecule has 1 heterocycles. The Kier molecular flexibility index (Phi) is 4.73. The summed E-state index contributed by atoms with van der Waals surface area (Å²) in [6.07, 6.45) is 2.12. The van der Waals surface area contributed by atoms with Crippen LogP contribution in [0.3, 0.4) is 0 Å². The highest BCUT2D eigenvalue weighted by Gasteiger charge is 2.14. The number of rotatable bonds is 5. The van der Waals surface area contributed by atoms with E-state index in [4.69, 9.17) is 5.73 Å². The Labute approximate surface area is 100 Å². The van der Waals surface area contributed by atoms with Gasteiger partial charge in [0.2, 0.25) is 0 Å². The number of carbonyl (C=O) groups is 1. The van der Waals surface area contributed by atoms with Gasteiger partial charge in [-0.2, -0.15) is 0 Å². The van der Waals surface area contributed by atoms with Crippen molar-refractivity contribution in [2.45, 2.75) is 39.7 Å². The lowest BCUT2D eigenvalue weighted by Gasteiger charge is -2.16. The lowest BCUT2D eigenvalue weighted by atomic mass is 10.0. The molecule has 1 amide bonds. The summed E-state index contributed by atoms with van der Waals surface area (Å²) in [4.78, 5) is 15.7. The van der Waals surface area contributed by atoms with Crippen molar-refractivity contribution < 1.29 is 4.79 Å². The molecule has 1 rings (SSSR count). The molecule has 0 radical (unpaired) electrons. The molecule has 2 atom stereocenters. The normalized spacial score (nSPS) is 14.4. The maximum absolute atomic E-state index is 11.7. The Hall–Kier alpha value is -1.10. The minimum atomic E-state index is -0.135. The van der Waals surface area contributed by atoms with Gasteiger partial charge >= 0.3 is 0 Å². The van der Waals surface area contributed by atoms with Crippen LogP contribution < -0.4 is 11.1 Å². The highest BCUT2D eigenvalue weighted by atomic mass is 32.1. The van der Waals surface area contributed by atoms with Crippen LogP contribution in [0.1, 0.15) is 44.1 Å². The summed E-state index contributed by atoms with van der Waals surface area (Å²) in [5, 5.41) is 5.04. The Morgan fingerprint density at radius 1 is 1.62 bits per heavy atom. The maximum atomic E-state index is 11.7. The highest BCUT2D eigenvalue weighted by molar-refractivity contribution is 7.13. The van der Waals surface area contributed by atoms with Crippen LogP contribution in [0.25, 0.3) is 0 Å². The third kappa shape index (κ3) is 3.81. The smallest absolute Gasteiger partial charge is 0.271 e. The molecular formula is C11H19N3OS. The number of anilines is 1. The molecule has 3 N–H and O–H groups in total. The highest BCUT2D eigenvalue weighted by Crippen LogP contribution is 2.12. The van der Waals surface area contributed by atoms with Gasteiger partial charge in [0.25, 0.3) is 5.91 Å². The summed E-state index contributed by atoms with van der Waals surface area (Å²) in [5.41, 5.74) is 5.89. The van der Waals surface area contributed by atoms with Crippen LogP contribution in [-0.2, 0) is 0 Å². The predicted molar refractivity (Wildman–Crippen MR) is 67.5 cm³/mol. The first-order chi connectivity index (χ1) is 7.52. The fourth-order valence-electron chi connectivity index (χ4n) is 1.52. The molecule has 0 aliphatic heterocycles. The van der Waals surface area contributed by atoms with E-state index in [1.165, 1.54) is 11.3 Å². The number of nitrogens with zero attached hydrogens (tertiary/aromatic N) is 1. The molecule has 90 valence electrons. The van der Waals surface area contributed by atoms with Gasteiger partial charge in [-0.25, -0.2) is 4.98 Å². The van der Waals surface area contributed by atoms with Crippen molar-refractivity contribution in [3.05, 3.63) is 11.1 Å². The monoisotopic (exact) mass is 241 g/mol. The summed E-state index contributed by atoms with van der Waals surface area (Å²) in [6.45, 7) is 6.35. The zero-order valence-corrected chi connectivity index (χ0v) is 10.8. The summed E-state index contributed by atoms with van der Waals surface area (Å²) in [7, 11) is 0. The Bertz CT molecular complexity index is 351. The van der Waals surface area contributed by atoms with E-state index in [1.54, 1.807) is 5.38 Å². The zero-order chi connectivity index (χ0) is 12.1. The molecule has 0 aliphatic carbocycles. The van der Waals surface area contributed by atoms with Gasteiger partial charge in [-0.05, 0) is 19.3 Å². The van der Waals surface area contributed by atoms with Gasteiger partial charge in [-0.15, -0.1) is 11.3 Å². The summed E-state index contributed by atoms with van der Waals surface area (Å²) in [6, 6.07) is 0.172. The first-order valence-electron chi connectivity index (χ1n) is 5.54. The van der Waals surface area contributed by atoms with Crippen LogP contribution in [0.15, 0.2) is 5.38 Å². The van der Waals surface area contributed by atoms with Crippen molar-refractivity contribution in [3.63, 3.8) is 0 Å². The third-order valence-corrected chi connectivity index (χ3v) is 3.26. The van der Waals surface area contributed by atoms with Crippen molar-refractivity contribution in [2.24, 2.45) is 5.92 Å². The summed E-state index contributed by atoms with van der Waals surface area (Å²) >= 11 is 1.28. The molecule has 1 aromatic rings. The fraction of sp³-hybridized carbons (Fsp3) is 0.636. The first kappa shape index (κ1) is 13.0. The lowest BCUT2D eigenvalue weighted by molar-refractivity contribution is 0.0931. The molecule has 0 aromatic carbocycles. The van der Waals surface area contributed by atoms with Crippen LogP contribution in [0, 0.1) is 5.92 Å². The van der Waals surface area contributed by atoms with E-state index >= 15 is 0 Å². The number of thiazole rings is 1. The largest absolute Gasteiger partial charge is 0.375 e. The number of nitrogens with one attached hydrogen (secondary N) is 1. The molecule has 16 heavy (non-hydrogen) atoms. The first-order valence-corrected chi connectivity index (χ1v) is 6.42. The van der Waals surface area contributed by atoms with Crippen molar-refractivity contribution in [3.8, 4) is 0 Å². The lowest BCUT2D eigenvalue weighted by Crippen LogP contribution is -2.33. The molecule has 0 aliphatic rings.